The Morgan fingerprint density at radius 1 is 1.43 bits per heavy atom. The van der Waals surface area contributed by atoms with Crippen molar-refractivity contribution >= 4 is 34.1 Å². The number of aromatic nitrogens is 1. The largest absolute Gasteiger partial charge is 0.477 e. The molecule has 0 aliphatic rings. The molecular weight excluding hydrogens is 314 g/mol. The minimum Gasteiger partial charge on any atom is -0.477 e. The fourth-order valence-electron chi connectivity index (χ4n) is 1.50. The summed E-state index contributed by atoms with van der Waals surface area (Å²) in [5, 5.41) is 14.8. The molecule has 0 saturated carbocycles. The molecule has 0 saturated heterocycles. The minimum absolute atomic E-state index is 0.0324. The molecule has 118 valence electrons. The van der Waals surface area contributed by atoms with Crippen LogP contribution in [0.15, 0.2) is 0 Å². The second-order valence-electron chi connectivity index (χ2n) is 4.53. The maximum absolute atomic E-state index is 11.6. The van der Waals surface area contributed by atoms with E-state index in [0.717, 1.165) is 11.3 Å². The number of aromatic carboxylic acids is 1. The van der Waals surface area contributed by atoms with Gasteiger partial charge in [-0.1, -0.05) is 6.92 Å². The van der Waals surface area contributed by atoms with Crippen molar-refractivity contribution in [2.24, 2.45) is 0 Å². The molecular formula is C12H19N3O4S2. The van der Waals surface area contributed by atoms with Crippen molar-refractivity contribution in [1.82, 2.24) is 15.6 Å². The van der Waals surface area contributed by atoms with Crippen molar-refractivity contribution < 1.29 is 18.9 Å². The summed E-state index contributed by atoms with van der Waals surface area (Å²) in [6.45, 7) is 4.10. The molecule has 2 amide bonds. The standard InChI is InChI=1S/C12H19N3O4S2/c1-7(21(3)19)4-5-13-12(18)14-6-9-15-8(2)10(20-9)11(16)17/h7H,4-6H2,1-3H3,(H,16,17)(H2,13,14,18). The van der Waals surface area contributed by atoms with Crippen LogP contribution in [0.5, 0.6) is 0 Å². The molecule has 0 aliphatic heterocycles. The molecule has 2 atom stereocenters. The molecule has 0 radical (unpaired) electrons. The van der Waals surface area contributed by atoms with Gasteiger partial charge in [-0.3, -0.25) is 4.21 Å². The highest BCUT2D eigenvalue weighted by Crippen LogP contribution is 2.17. The number of nitrogens with zero attached hydrogens (tertiary/aromatic N) is 1. The highest BCUT2D eigenvalue weighted by Gasteiger charge is 2.14. The normalized spacial score (nSPS) is 13.5. The molecule has 3 N–H and O–H groups in total. The van der Waals surface area contributed by atoms with Gasteiger partial charge in [0.2, 0.25) is 0 Å². The Bertz CT molecular complexity index is 545. The zero-order chi connectivity index (χ0) is 16.0. The fourth-order valence-corrected chi connectivity index (χ4v) is 2.79. The van der Waals surface area contributed by atoms with E-state index in [2.05, 4.69) is 15.6 Å². The van der Waals surface area contributed by atoms with Gasteiger partial charge in [0.05, 0.1) is 12.2 Å². The number of carboxylic acid groups (broad SMARTS) is 1. The van der Waals surface area contributed by atoms with E-state index in [9.17, 15) is 13.8 Å². The van der Waals surface area contributed by atoms with Crippen molar-refractivity contribution in [3.63, 3.8) is 0 Å². The number of carboxylic acids is 1. The Morgan fingerprint density at radius 3 is 2.62 bits per heavy atom. The molecule has 2 unspecified atom stereocenters. The second kappa shape index (κ2) is 8.08. The maximum atomic E-state index is 11.6. The lowest BCUT2D eigenvalue weighted by Gasteiger charge is -2.09. The van der Waals surface area contributed by atoms with Crippen LogP contribution in [0.25, 0.3) is 0 Å². The van der Waals surface area contributed by atoms with Crippen LogP contribution in [0.3, 0.4) is 0 Å². The summed E-state index contributed by atoms with van der Waals surface area (Å²) in [5.41, 5.74) is 0.448. The van der Waals surface area contributed by atoms with E-state index in [1.54, 1.807) is 13.2 Å². The number of urea groups is 1. The molecule has 0 bridgehead atoms. The maximum Gasteiger partial charge on any atom is 0.347 e. The molecule has 1 heterocycles. The summed E-state index contributed by atoms with van der Waals surface area (Å²) < 4.78 is 11.1. The van der Waals surface area contributed by atoms with E-state index in [1.165, 1.54) is 0 Å². The summed E-state index contributed by atoms with van der Waals surface area (Å²) in [6.07, 6.45) is 2.27. The molecule has 0 fully saturated rings. The molecule has 1 aromatic heterocycles. The first-order chi connectivity index (χ1) is 9.81. The van der Waals surface area contributed by atoms with E-state index in [4.69, 9.17) is 5.11 Å². The van der Waals surface area contributed by atoms with E-state index in [0.29, 0.717) is 23.7 Å². The van der Waals surface area contributed by atoms with E-state index in [-0.39, 0.29) is 22.7 Å². The predicted octanol–water partition coefficient (Wildman–Crippen LogP) is 1.11. The van der Waals surface area contributed by atoms with Crippen LogP contribution in [0.1, 0.15) is 33.7 Å². The van der Waals surface area contributed by atoms with Crippen LogP contribution in [0.2, 0.25) is 0 Å². The van der Waals surface area contributed by atoms with E-state index >= 15 is 0 Å². The Balaban J connectivity index is 2.35. The van der Waals surface area contributed by atoms with Gasteiger partial charge in [-0.15, -0.1) is 11.3 Å². The first-order valence-corrected chi connectivity index (χ1v) is 8.78. The van der Waals surface area contributed by atoms with Crippen molar-refractivity contribution in [2.75, 3.05) is 12.8 Å². The number of carbonyl (C=O) groups is 2. The first-order valence-electron chi connectivity index (χ1n) is 6.34. The van der Waals surface area contributed by atoms with Crippen molar-refractivity contribution in [3.8, 4) is 0 Å². The number of hydrogen-bond donors (Lipinski definition) is 3. The molecule has 0 aromatic carbocycles. The van der Waals surface area contributed by atoms with Crippen LogP contribution < -0.4 is 10.6 Å². The minimum atomic E-state index is -1.01. The van der Waals surface area contributed by atoms with Gasteiger partial charge in [-0.2, -0.15) is 0 Å². The van der Waals surface area contributed by atoms with Gasteiger partial charge in [0.1, 0.15) is 9.88 Å². The molecule has 0 aliphatic carbocycles. The topological polar surface area (TPSA) is 108 Å². The van der Waals surface area contributed by atoms with Crippen LogP contribution >= 0.6 is 11.3 Å². The highest BCUT2D eigenvalue weighted by atomic mass is 32.2. The van der Waals surface area contributed by atoms with Crippen LogP contribution in [0.4, 0.5) is 4.79 Å². The van der Waals surface area contributed by atoms with Crippen LogP contribution in [-0.2, 0) is 17.3 Å². The highest BCUT2D eigenvalue weighted by molar-refractivity contribution is 7.84. The van der Waals surface area contributed by atoms with E-state index in [1.807, 2.05) is 6.92 Å². The van der Waals surface area contributed by atoms with Gasteiger partial charge < -0.3 is 15.7 Å². The smallest absolute Gasteiger partial charge is 0.347 e. The summed E-state index contributed by atoms with van der Waals surface area (Å²) in [5.74, 6) is -1.01. The molecule has 7 nitrogen and oxygen atoms in total. The lowest BCUT2D eigenvalue weighted by atomic mass is 10.3. The number of rotatable bonds is 7. The first kappa shape index (κ1) is 17.6. The zero-order valence-corrected chi connectivity index (χ0v) is 13.8. The van der Waals surface area contributed by atoms with Crippen LogP contribution in [-0.4, -0.2) is 44.4 Å². The summed E-state index contributed by atoms with van der Waals surface area (Å²) in [7, 11) is -0.899. The lowest BCUT2D eigenvalue weighted by Crippen LogP contribution is -2.36. The van der Waals surface area contributed by atoms with Gasteiger partial charge in [0, 0.05) is 28.9 Å². The van der Waals surface area contributed by atoms with Crippen molar-refractivity contribution in [3.05, 3.63) is 15.6 Å². The lowest BCUT2D eigenvalue weighted by molar-refractivity contribution is 0.0701. The molecule has 21 heavy (non-hydrogen) atoms. The Labute approximate surface area is 129 Å². The Kier molecular flexibility index (Phi) is 6.76. The van der Waals surface area contributed by atoms with Crippen LogP contribution in [0, 0.1) is 6.92 Å². The van der Waals surface area contributed by atoms with Crippen molar-refractivity contribution in [2.45, 2.75) is 32.1 Å². The summed E-state index contributed by atoms with van der Waals surface area (Å²) in [4.78, 5) is 26.7. The number of nitrogens with one attached hydrogen (secondary N) is 2. The third-order valence-corrected chi connectivity index (χ3v) is 5.35. The molecule has 0 spiro atoms. The molecule has 1 rings (SSSR count). The van der Waals surface area contributed by atoms with Gasteiger partial charge in [0.25, 0.3) is 0 Å². The summed E-state index contributed by atoms with van der Waals surface area (Å²) >= 11 is 1.05. The van der Waals surface area contributed by atoms with Gasteiger partial charge in [-0.25, -0.2) is 14.6 Å². The average molecular weight is 333 g/mol. The quantitative estimate of drug-likeness (QED) is 0.692. The monoisotopic (exact) mass is 333 g/mol. The fraction of sp³-hybridized carbons (Fsp3) is 0.583. The van der Waals surface area contributed by atoms with E-state index < -0.39 is 16.8 Å². The SMILES string of the molecule is Cc1nc(CNC(=O)NCCC(C)S(C)=O)sc1C(=O)O. The average Bonchev–Trinajstić information content (AvgIpc) is 2.77. The number of amides is 2. The zero-order valence-electron chi connectivity index (χ0n) is 12.1. The van der Waals surface area contributed by atoms with Crippen molar-refractivity contribution in [1.29, 1.82) is 0 Å². The molecule has 9 heteroatoms. The Morgan fingerprint density at radius 2 is 2.10 bits per heavy atom. The number of aryl methyl sites for hydroxylation is 1. The predicted molar refractivity (Wildman–Crippen MR) is 82.2 cm³/mol. The third-order valence-electron chi connectivity index (χ3n) is 2.84. The van der Waals surface area contributed by atoms with Gasteiger partial charge >= 0.3 is 12.0 Å². The third kappa shape index (κ3) is 5.80. The number of carbonyl (C=O) groups excluding carboxylic acids is 1. The van der Waals surface area contributed by atoms with Gasteiger partial charge in [-0.05, 0) is 13.3 Å². The number of thiazole rings is 1. The Hall–Kier alpha value is -1.48. The second-order valence-corrected chi connectivity index (χ2v) is 7.42. The molecule has 1 aromatic rings. The number of hydrogen-bond acceptors (Lipinski definition) is 5. The van der Waals surface area contributed by atoms with Gasteiger partial charge in [0.15, 0.2) is 0 Å². The summed E-state index contributed by atoms with van der Waals surface area (Å²) in [6, 6.07) is -0.353.